The number of ether oxygens (including phenoxy) is 2. The first-order valence-corrected chi connectivity index (χ1v) is 9.39. The van der Waals surface area contributed by atoms with Gasteiger partial charge < -0.3 is 9.47 Å². The minimum absolute atomic E-state index is 0.0843. The second kappa shape index (κ2) is 5.66. The largest absolute Gasteiger partial charge is 0.329 e. The van der Waals surface area contributed by atoms with E-state index in [1.807, 2.05) is 0 Å². The van der Waals surface area contributed by atoms with Gasteiger partial charge in [-0.05, 0) is 43.9 Å². The molecule has 3 aliphatic rings. The molecule has 3 heterocycles. The van der Waals surface area contributed by atoms with Crippen LogP contribution in [0.3, 0.4) is 0 Å². The fourth-order valence-electron chi connectivity index (χ4n) is 5.25. The number of piperidine rings is 1. The van der Waals surface area contributed by atoms with Crippen molar-refractivity contribution in [1.82, 2.24) is 4.90 Å². The Morgan fingerprint density at radius 1 is 0.840 bits per heavy atom. The molecule has 0 radical (unpaired) electrons. The lowest BCUT2D eigenvalue weighted by atomic mass is 9.71. The van der Waals surface area contributed by atoms with Crippen LogP contribution in [-0.4, -0.2) is 24.4 Å². The van der Waals surface area contributed by atoms with Gasteiger partial charge in [0.2, 0.25) is 5.91 Å². The molecule has 2 aromatic rings. The molecule has 0 aliphatic carbocycles. The van der Waals surface area contributed by atoms with Crippen molar-refractivity contribution < 1.29 is 9.47 Å². The Balaban J connectivity index is 1.52. The third-order valence-corrected chi connectivity index (χ3v) is 6.42. The van der Waals surface area contributed by atoms with Crippen molar-refractivity contribution in [1.29, 1.82) is 0 Å². The Hall–Kier alpha value is -1.68. The van der Waals surface area contributed by atoms with E-state index in [1.54, 1.807) is 0 Å². The van der Waals surface area contributed by atoms with Crippen molar-refractivity contribution in [3.05, 3.63) is 71.8 Å². The van der Waals surface area contributed by atoms with Crippen LogP contribution in [0, 0.1) is 5.41 Å². The predicted molar refractivity (Wildman–Crippen MR) is 96.8 cm³/mol. The molecule has 5 rings (SSSR count). The molecule has 130 valence electrons. The zero-order chi connectivity index (χ0) is 16.9. The Kier molecular flexibility index (Phi) is 3.53. The zero-order valence-corrected chi connectivity index (χ0v) is 14.7. The van der Waals surface area contributed by atoms with Gasteiger partial charge in [-0.2, -0.15) is 0 Å². The minimum Gasteiger partial charge on any atom is -0.329 e. The van der Waals surface area contributed by atoms with Crippen LogP contribution in [0.25, 0.3) is 0 Å². The van der Waals surface area contributed by atoms with Gasteiger partial charge in [-0.3, -0.25) is 4.90 Å². The maximum atomic E-state index is 6.72. The van der Waals surface area contributed by atoms with E-state index in [0.29, 0.717) is 0 Å². The van der Waals surface area contributed by atoms with Crippen LogP contribution < -0.4 is 0 Å². The van der Waals surface area contributed by atoms with Gasteiger partial charge in [-0.25, -0.2) is 0 Å². The molecule has 25 heavy (non-hydrogen) atoms. The Morgan fingerprint density at radius 2 is 1.36 bits per heavy atom. The van der Waals surface area contributed by atoms with Crippen LogP contribution in [0.5, 0.6) is 0 Å². The van der Waals surface area contributed by atoms with Crippen LogP contribution in [0.1, 0.15) is 49.0 Å². The summed E-state index contributed by atoms with van der Waals surface area (Å²) in [4.78, 5) is 2.32. The van der Waals surface area contributed by atoms with Gasteiger partial charge in [0.25, 0.3) is 0 Å². The summed E-state index contributed by atoms with van der Waals surface area (Å²) in [6.07, 6.45) is 4.74. The highest BCUT2D eigenvalue weighted by molar-refractivity contribution is 5.25. The van der Waals surface area contributed by atoms with Crippen LogP contribution in [-0.2, 0) is 9.47 Å². The van der Waals surface area contributed by atoms with E-state index in [0.717, 1.165) is 19.4 Å². The minimum atomic E-state index is -0.577. The third kappa shape index (κ3) is 2.23. The molecule has 0 saturated carbocycles. The fourth-order valence-corrected chi connectivity index (χ4v) is 5.25. The Bertz CT molecular complexity index is 694. The monoisotopic (exact) mass is 335 g/mol. The van der Waals surface area contributed by atoms with E-state index < -0.39 is 5.91 Å². The topological polar surface area (TPSA) is 21.7 Å². The molecule has 2 aromatic carbocycles. The van der Waals surface area contributed by atoms with E-state index in [-0.39, 0.29) is 17.6 Å². The summed E-state index contributed by atoms with van der Waals surface area (Å²) in [5.74, 6) is -0.577. The zero-order valence-electron chi connectivity index (χ0n) is 14.7. The second-order valence-corrected chi connectivity index (χ2v) is 7.83. The number of benzene rings is 2. The first kappa shape index (κ1) is 15.6. The molecule has 0 aromatic heterocycles. The standard InChI is InChI=1S/C22H25NO2/c1-23-14-8-13-21-15-19(17-9-4-2-5-10-17)24-22(21,23)25-20(16-21)18-11-6-3-7-12-18/h2-7,9-12,19-20H,8,13-16H2,1H3/t19-,20-,21?,22?/m1/s1. The van der Waals surface area contributed by atoms with Gasteiger partial charge in [-0.1, -0.05) is 60.7 Å². The van der Waals surface area contributed by atoms with E-state index in [9.17, 15) is 0 Å². The summed E-state index contributed by atoms with van der Waals surface area (Å²) in [5, 5.41) is 0. The van der Waals surface area contributed by atoms with Gasteiger partial charge in [0, 0.05) is 12.0 Å². The summed E-state index contributed by atoms with van der Waals surface area (Å²) < 4.78 is 13.4. The number of likely N-dealkylation sites (tertiary alicyclic amines) is 1. The normalized spacial score (nSPS) is 37.6. The molecular formula is C22H25NO2. The van der Waals surface area contributed by atoms with Crippen LogP contribution in [0.15, 0.2) is 60.7 Å². The summed E-state index contributed by atoms with van der Waals surface area (Å²) in [5.41, 5.74) is 2.62. The highest BCUT2D eigenvalue weighted by Gasteiger charge is 2.69. The predicted octanol–water partition coefficient (Wildman–Crippen LogP) is 4.68. The van der Waals surface area contributed by atoms with Gasteiger partial charge >= 0.3 is 0 Å². The SMILES string of the molecule is CN1CCCC23C[C@H](c4ccccc4)OC12O[C@@H](c1ccccc1)C3. The molecular weight excluding hydrogens is 310 g/mol. The van der Waals surface area contributed by atoms with E-state index in [2.05, 4.69) is 72.6 Å². The quantitative estimate of drug-likeness (QED) is 0.796. The van der Waals surface area contributed by atoms with Gasteiger partial charge in [0.1, 0.15) is 0 Å². The second-order valence-electron chi connectivity index (χ2n) is 7.83. The first-order valence-electron chi connectivity index (χ1n) is 9.39. The van der Waals surface area contributed by atoms with Crippen molar-refractivity contribution in [3.8, 4) is 0 Å². The van der Waals surface area contributed by atoms with E-state index >= 15 is 0 Å². The Morgan fingerprint density at radius 3 is 1.84 bits per heavy atom. The van der Waals surface area contributed by atoms with Crippen LogP contribution >= 0.6 is 0 Å². The maximum absolute atomic E-state index is 6.72. The van der Waals surface area contributed by atoms with Gasteiger partial charge in [-0.15, -0.1) is 0 Å². The lowest BCUT2D eigenvalue weighted by Gasteiger charge is -2.47. The highest BCUT2D eigenvalue weighted by atomic mass is 16.7. The van der Waals surface area contributed by atoms with Crippen LogP contribution in [0.4, 0.5) is 0 Å². The average molecular weight is 335 g/mol. The number of nitrogens with zero attached hydrogens (tertiary/aromatic N) is 1. The molecule has 3 aliphatic heterocycles. The molecule has 0 amide bonds. The summed E-state index contributed by atoms with van der Waals surface area (Å²) in [6, 6.07) is 21.3. The molecule has 2 atom stereocenters. The van der Waals surface area contributed by atoms with E-state index in [1.165, 1.54) is 24.0 Å². The van der Waals surface area contributed by atoms with Crippen LogP contribution in [0.2, 0.25) is 0 Å². The lowest BCUT2D eigenvalue weighted by molar-refractivity contribution is -0.333. The van der Waals surface area contributed by atoms with Gasteiger partial charge in [0.15, 0.2) is 0 Å². The van der Waals surface area contributed by atoms with E-state index in [4.69, 9.17) is 9.47 Å². The molecule has 3 saturated heterocycles. The molecule has 0 spiro atoms. The lowest BCUT2D eigenvalue weighted by Crippen LogP contribution is -2.58. The van der Waals surface area contributed by atoms with Crippen molar-refractivity contribution in [2.24, 2.45) is 5.41 Å². The number of rotatable bonds is 2. The molecule has 3 heteroatoms. The van der Waals surface area contributed by atoms with Crippen molar-refractivity contribution >= 4 is 0 Å². The fraction of sp³-hybridized carbons (Fsp3) is 0.455. The molecule has 0 N–H and O–H groups in total. The molecule has 0 bridgehead atoms. The summed E-state index contributed by atoms with van der Waals surface area (Å²) >= 11 is 0. The molecule has 0 unspecified atom stereocenters. The van der Waals surface area contributed by atoms with Crippen molar-refractivity contribution in [3.63, 3.8) is 0 Å². The van der Waals surface area contributed by atoms with Gasteiger partial charge in [0.05, 0.1) is 12.2 Å². The first-order chi connectivity index (χ1) is 12.2. The summed E-state index contributed by atoms with van der Waals surface area (Å²) in [6.45, 7) is 1.03. The number of hydrogen-bond acceptors (Lipinski definition) is 3. The smallest absolute Gasteiger partial charge is 0.237 e. The van der Waals surface area contributed by atoms with Crippen molar-refractivity contribution in [2.75, 3.05) is 13.6 Å². The molecule has 3 nitrogen and oxygen atoms in total. The maximum Gasteiger partial charge on any atom is 0.237 e. The number of hydrogen-bond donors (Lipinski definition) is 0. The summed E-state index contributed by atoms with van der Waals surface area (Å²) in [7, 11) is 2.16. The molecule has 3 fully saturated rings. The Labute approximate surface area is 149 Å². The van der Waals surface area contributed by atoms with Crippen molar-refractivity contribution in [2.45, 2.75) is 43.8 Å². The third-order valence-electron chi connectivity index (χ3n) is 6.42. The average Bonchev–Trinajstić information content (AvgIpc) is 3.16. The highest BCUT2D eigenvalue weighted by Crippen LogP contribution is 2.67.